The van der Waals surface area contributed by atoms with Gasteiger partial charge >= 0.3 is 0 Å². The van der Waals surface area contributed by atoms with Gasteiger partial charge in [-0.15, -0.1) is 0 Å². The molecule has 0 aliphatic carbocycles. The van der Waals surface area contributed by atoms with Gasteiger partial charge in [-0.05, 0) is 31.9 Å². The van der Waals surface area contributed by atoms with E-state index in [1.807, 2.05) is 13.8 Å². The molecule has 2 aromatic rings. The smallest absolute Gasteiger partial charge is 0.260 e. The topological polar surface area (TPSA) is 92.1 Å². The first-order valence-corrected chi connectivity index (χ1v) is 8.28. The maximum Gasteiger partial charge on any atom is 0.260 e. The van der Waals surface area contributed by atoms with Crippen molar-refractivity contribution in [1.82, 2.24) is 20.0 Å². The van der Waals surface area contributed by atoms with E-state index < -0.39 is 0 Å². The third kappa shape index (κ3) is 3.25. The summed E-state index contributed by atoms with van der Waals surface area (Å²) < 4.78 is 5.27. The fourth-order valence-corrected chi connectivity index (χ4v) is 2.93. The highest BCUT2D eigenvalue weighted by Gasteiger charge is 2.29. The van der Waals surface area contributed by atoms with Crippen LogP contribution in [0.1, 0.15) is 66.3 Å². The van der Waals surface area contributed by atoms with Crippen molar-refractivity contribution in [2.24, 2.45) is 0 Å². The molecule has 0 saturated carbocycles. The van der Waals surface area contributed by atoms with Crippen LogP contribution < -0.4 is 5.56 Å². The summed E-state index contributed by atoms with van der Waals surface area (Å²) in [4.78, 5) is 33.5. The van der Waals surface area contributed by atoms with Crippen molar-refractivity contribution in [3.8, 4) is 0 Å². The number of aromatic amines is 1. The molecule has 1 saturated heterocycles. The lowest BCUT2D eigenvalue weighted by molar-refractivity contribution is 0.0701. The van der Waals surface area contributed by atoms with Crippen LogP contribution in [-0.2, 0) is 0 Å². The van der Waals surface area contributed by atoms with Gasteiger partial charge in [-0.3, -0.25) is 9.59 Å². The molecule has 0 spiro atoms. The quantitative estimate of drug-likeness (QED) is 0.931. The number of nitrogens with zero attached hydrogens (tertiary/aromatic N) is 3. The molecule has 0 radical (unpaired) electrons. The monoisotopic (exact) mass is 330 g/mol. The van der Waals surface area contributed by atoms with Crippen molar-refractivity contribution >= 4 is 5.91 Å². The van der Waals surface area contributed by atoms with E-state index in [1.165, 1.54) is 0 Å². The maximum atomic E-state index is 12.7. The van der Waals surface area contributed by atoms with Gasteiger partial charge in [-0.25, -0.2) is 0 Å². The van der Waals surface area contributed by atoms with Crippen LogP contribution in [0.5, 0.6) is 0 Å². The predicted octanol–water partition coefficient (Wildman–Crippen LogP) is 2.21. The van der Waals surface area contributed by atoms with Gasteiger partial charge in [-0.1, -0.05) is 19.0 Å². The molecule has 3 heterocycles. The Morgan fingerprint density at radius 3 is 2.88 bits per heavy atom. The molecule has 1 N–H and O–H groups in total. The minimum atomic E-state index is -0.344. The summed E-state index contributed by atoms with van der Waals surface area (Å²) >= 11 is 0. The Morgan fingerprint density at radius 1 is 1.42 bits per heavy atom. The summed E-state index contributed by atoms with van der Waals surface area (Å²) in [6, 6.07) is 3.33. The molecule has 1 amide bonds. The Labute approximate surface area is 140 Å². The van der Waals surface area contributed by atoms with Gasteiger partial charge in [-0.2, -0.15) is 4.98 Å². The number of rotatable bonds is 3. The molecule has 1 aliphatic heterocycles. The molecular weight excluding hydrogens is 308 g/mol. The van der Waals surface area contributed by atoms with Crippen LogP contribution in [0.2, 0.25) is 0 Å². The molecule has 0 unspecified atom stereocenters. The fraction of sp³-hybridized carbons (Fsp3) is 0.529. The molecule has 7 nitrogen and oxygen atoms in total. The number of carbonyl (C=O) groups is 1. The average molecular weight is 330 g/mol. The van der Waals surface area contributed by atoms with Gasteiger partial charge < -0.3 is 14.4 Å². The van der Waals surface area contributed by atoms with Gasteiger partial charge in [0.2, 0.25) is 5.89 Å². The number of pyridine rings is 1. The van der Waals surface area contributed by atoms with Gasteiger partial charge in [0.05, 0.1) is 0 Å². The van der Waals surface area contributed by atoms with Crippen molar-refractivity contribution in [2.75, 3.05) is 13.1 Å². The largest absolute Gasteiger partial charge is 0.339 e. The number of hydrogen-bond donors (Lipinski definition) is 1. The summed E-state index contributed by atoms with van der Waals surface area (Å²) in [7, 11) is 0. The molecule has 1 fully saturated rings. The zero-order valence-corrected chi connectivity index (χ0v) is 14.2. The lowest BCUT2D eigenvalue weighted by atomic mass is 9.96. The van der Waals surface area contributed by atoms with Crippen molar-refractivity contribution in [3.05, 3.63) is 45.5 Å². The van der Waals surface area contributed by atoms with E-state index in [4.69, 9.17) is 4.52 Å². The van der Waals surface area contributed by atoms with Crippen LogP contribution in [0.15, 0.2) is 21.5 Å². The first kappa shape index (κ1) is 16.4. The number of aromatic nitrogens is 3. The lowest BCUT2D eigenvalue weighted by Gasteiger charge is -2.31. The minimum absolute atomic E-state index is 0.0449. The van der Waals surface area contributed by atoms with E-state index in [-0.39, 0.29) is 28.9 Å². The molecular formula is C17H22N4O3. The number of amides is 1. The molecule has 24 heavy (non-hydrogen) atoms. The van der Waals surface area contributed by atoms with Crippen LogP contribution in [0.25, 0.3) is 0 Å². The van der Waals surface area contributed by atoms with E-state index in [0.29, 0.717) is 24.8 Å². The summed E-state index contributed by atoms with van der Waals surface area (Å²) in [6.45, 7) is 6.92. The highest BCUT2D eigenvalue weighted by atomic mass is 16.5. The fourth-order valence-electron chi connectivity index (χ4n) is 2.93. The summed E-state index contributed by atoms with van der Waals surface area (Å²) in [5.74, 6) is 1.24. The standard InChI is InChI=1S/C17H22N4O3/c1-10(2)16-19-14(20-24-16)12-5-4-8-21(9-12)17(23)13-7-6-11(3)18-15(13)22/h6-7,10,12H,4-5,8-9H2,1-3H3,(H,18,22)/t12-/m1/s1. The number of hydrogen-bond acceptors (Lipinski definition) is 5. The minimum Gasteiger partial charge on any atom is -0.339 e. The van der Waals surface area contributed by atoms with Gasteiger partial charge in [0.25, 0.3) is 11.5 Å². The highest BCUT2D eigenvalue weighted by Crippen LogP contribution is 2.26. The third-order valence-corrected chi connectivity index (χ3v) is 4.31. The van der Waals surface area contributed by atoms with Crippen LogP contribution >= 0.6 is 0 Å². The lowest BCUT2D eigenvalue weighted by Crippen LogP contribution is -2.41. The highest BCUT2D eigenvalue weighted by molar-refractivity contribution is 5.93. The van der Waals surface area contributed by atoms with Gasteiger partial charge in [0.15, 0.2) is 5.82 Å². The molecule has 1 aliphatic rings. The number of aryl methyl sites for hydroxylation is 1. The molecule has 0 aromatic carbocycles. The van der Waals surface area contributed by atoms with E-state index in [2.05, 4.69) is 15.1 Å². The average Bonchev–Trinajstić information content (AvgIpc) is 3.05. The summed E-state index contributed by atoms with van der Waals surface area (Å²) in [6.07, 6.45) is 1.76. The number of likely N-dealkylation sites (tertiary alicyclic amines) is 1. The Balaban J connectivity index is 1.77. The third-order valence-electron chi connectivity index (χ3n) is 4.31. The molecule has 3 rings (SSSR count). The van der Waals surface area contributed by atoms with Crippen LogP contribution in [0.4, 0.5) is 0 Å². The Kier molecular flexibility index (Phi) is 4.51. The first-order chi connectivity index (χ1) is 11.5. The van der Waals surface area contributed by atoms with Crippen LogP contribution in [0.3, 0.4) is 0 Å². The maximum absolute atomic E-state index is 12.7. The van der Waals surface area contributed by atoms with Crippen molar-refractivity contribution in [2.45, 2.75) is 45.4 Å². The SMILES string of the molecule is Cc1ccc(C(=O)N2CCC[C@@H](c3noc(C(C)C)n3)C2)c(=O)[nH]1. The van der Waals surface area contributed by atoms with E-state index in [0.717, 1.165) is 18.5 Å². The van der Waals surface area contributed by atoms with Crippen molar-refractivity contribution in [3.63, 3.8) is 0 Å². The summed E-state index contributed by atoms with van der Waals surface area (Å²) in [5, 5.41) is 4.06. The number of nitrogens with one attached hydrogen (secondary N) is 1. The molecule has 0 bridgehead atoms. The van der Waals surface area contributed by atoms with E-state index >= 15 is 0 Å². The van der Waals surface area contributed by atoms with Crippen molar-refractivity contribution < 1.29 is 9.32 Å². The molecule has 2 aromatic heterocycles. The Bertz CT molecular complexity index is 793. The normalized spacial score (nSPS) is 18.2. The Hall–Kier alpha value is -2.44. The predicted molar refractivity (Wildman–Crippen MR) is 88.1 cm³/mol. The molecule has 7 heteroatoms. The number of H-pyrrole nitrogens is 1. The van der Waals surface area contributed by atoms with Crippen LogP contribution in [-0.4, -0.2) is 39.0 Å². The van der Waals surface area contributed by atoms with Crippen LogP contribution in [0, 0.1) is 6.92 Å². The van der Waals surface area contributed by atoms with E-state index in [1.54, 1.807) is 24.0 Å². The summed E-state index contributed by atoms with van der Waals surface area (Å²) in [5.41, 5.74) is 0.571. The second kappa shape index (κ2) is 6.59. The van der Waals surface area contributed by atoms with Crippen molar-refractivity contribution in [1.29, 1.82) is 0 Å². The molecule has 1 atom stereocenters. The second-order valence-corrected chi connectivity index (χ2v) is 6.62. The first-order valence-electron chi connectivity index (χ1n) is 8.28. The second-order valence-electron chi connectivity index (χ2n) is 6.62. The number of carbonyl (C=O) groups excluding carboxylic acids is 1. The number of piperidine rings is 1. The van der Waals surface area contributed by atoms with Gasteiger partial charge in [0.1, 0.15) is 5.56 Å². The zero-order valence-electron chi connectivity index (χ0n) is 14.2. The van der Waals surface area contributed by atoms with E-state index in [9.17, 15) is 9.59 Å². The zero-order chi connectivity index (χ0) is 17.3. The van der Waals surface area contributed by atoms with Gasteiger partial charge in [0, 0.05) is 30.6 Å². The molecule has 128 valence electrons. The Morgan fingerprint density at radius 2 is 2.21 bits per heavy atom.